The molecule has 24 heavy (non-hydrogen) atoms. The zero-order valence-corrected chi connectivity index (χ0v) is 15.8. The van der Waals surface area contributed by atoms with E-state index < -0.39 is 0 Å². The van der Waals surface area contributed by atoms with Crippen LogP contribution in [0.5, 0.6) is 5.75 Å². The van der Waals surface area contributed by atoms with Gasteiger partial charge in [0.25, 0.3) is 5.91 Å². The fourth-order valence-electron chi connectivity index (χ4n) is 2.98. The van der Waals surface area contributed by atoms with Gasteiger partial charge in [-0.1, -0.05) is 24.0 Å². The Kier molecular flexibility index (Phi) is 5.27. The van der Waals surface area contributed by atoms with Gasteiger partial charge in [0.05, 0.1) is 24.7 Å². The van der Waals surface area contributed by atoms with Crippen molar-refractivity contribution in [3.63, 3.8) is 0 Å². The number of methoxy groups -OCH3 is 1. The number of carbonyl (C=O) groups excluding carboxylic acids is 1. The Labute approximate surface area is 152 Å². The van der Waals surface area contributed by atoms with Crippen LogP contribution in [0.2, 0.25) is 0 Å². The molecule has 2 fully saturated rings. The third kappa shape index (κ3) is 3.50. The molecule has 2 heterocycles. The molecule has 1 atom stereocenters. The smallest absolute Gasteiger partial charge is 0.266 e. The molecule has 2 saturated heterocycles. The molecule has 1 amide bonds. The van der Waals surface area contributed by atoms with E-state index in [1.807, 2.05) is 32.1 Å². The average molecular weight is 364 g/mol. The molecule has 0 bridgehead atoms. The summed E-state index contributed by atoms with van der Waals surface area (Å²) in [7, 11) is 1.66. The number of hydrogen-bond acceptors (Lipinski definition) is 5. The van der Waals surface area contributed by atoms with Crippen molar-refractivity contribution in [2.24, 2.45) is 0 Å². The lowest BCUT2D eigenvalue weighted by atomic mass is 10.0. The number of aryl methyl sites for hydroxylation is 2. The summed E-state index contributed by atoms with van der Waals surface area (Å²) in [5.41, 5.74) is 3.14. The maximum Gasteiger partial charge on any atom is 0.266 e. The third-order valence-electron chi connectivity index (χ3n) is 4.35. The lowest BCUT2D eigenvalue weighted by Crippen LogP contribution is -2.35. The van der Waals surface area contributed by atoms with E-state index >= 15 is 0 Å². The molecule has 128 valence electrons. The van der Waals surface area contributed by atoms with E-state index in [1.54, 1.807) is 12.0 Å². The number of hydrogen-bond donors (Lipinski definition) is 0. The zero-order chi connectivity index (χ0) is 17.3. The molecule has 0 aliphatic carbocycles. The maximum absolute atomic E-state index is 12.7. The lowest BCUT2D eigenvalue weighted by molar-refractivity contribution is -0.123. The number of benzene rings is 1. The van der Waals surface area contributed by atoms with Crippen molar-refractivity contribution in [2.45, 2.75) is 32.8 Å². The van der Waals surface area contributed by atoms with E-state index in [-0.39, 0.29) is 12.0 Å². The van der Waals surface area contributed by atoms with Gasteiger partial charge in [-0.15, -0.1) is 0 Å². The summed E-state index contributed by atoms with van der Waals surface area (Å²) in [5, 5.41) is 0. The maximum atomic E-state index is 12.7. The van der Waals surface area contributed by atoms with Crippen LogP contribution in [0.1, 0.15) is 29.5 Å². The van der Waals surface area contributed by atoms with Crippen molar-refractivity contribution < 1.29 is 14.3 Å². The summed E-state index contributed by atoms with van der Waals surface area (Å²) in [5.74, 6) is 0.837. The summed E-state index contributed by atoms with van der Waals surface area (Å²) >= 11 is 6.76. The first kappa shape index (κ1) is 17.5. The zero-order valence-electron chi connectivity index (χ0n) is 14.1. The van der Waals surface area contributed by atoms with E-state index in [9.17, 15) is 4.79 Å². The molecule has 0 spiro atoms. The Bertz CT molecular complexity index is 708. The molecule has 0 N–H and O–H groups in total. The number of thiocarbonyl (C=S) groups is 1. The monoisotopic (exact) mass is 363 g/mol. The summed E-state index contributed by atoms with van der Waals surface area (Å²) < 4.78 is 11.6. The summed E-state index contributed by atoms with van der Waals surface area (Å²) in [4.78, 5) is 15.0. The van der Waals surface area contributed by atoms with Crippen molar-refractivity contribution in [3.8, 4) is 5.75 Å². The number of amides is 1. The number of thioether (sulfide) groups is 1. The van der Waals surface area contributed by atoms with Gasteiger partial charge >= 0.3 is 0 Å². The summed E-state index contributed by atoms with van der Waals surface area (Å²) in [6, 6.07) is 4.04. The molecule has 0 aromatic heterocycles. The van der Waals surface area contributed by atoms with E-state index in [1.165, 1.54) is 11.8 Å². The van der Waals surface area contributed by atoms with Crippen LogP contribution < -0.4 is 4.74 Å². The fourth-order valence-corrected chi connectivity index (χ4v) is 4.24. The van der Waals surface area contributed by atoms with Crippen LogP contribution in [-0.2, 0) is 9.53 Å². The number of ether oxygens (including phenoxy) is 2. The first-order chi connectivity index (χ1) is 11.5. The minimum atomic E-state index is -0.0200. The van der Waals surface area contributed by atoms with Gasteiger partial charge in [0.2, 0.25) is 0 Å². The fraction of sp³-hybridized carbons (Fsp3) is 0.444. The van der Waals surface area contributed by atoms with Crippen LogP contribution in [-0.4, -0.2) is 41.5 Å². The lowest BCUT2D eigenvalue weighted by Gasteiger charge is -2.18. The minimum Gasteiger partial charge on any atom is -0.496 e. The molecule has 0 saturated carbocycles. The number of carbonyl (C=O) groups is 1. The van der Waals surface area contributed by atoms with Crippen molar-refractivity contribution >= 4 is 40.3 Å². The van der Waals surface area contributed by atoms with Crippen LogP contribution in [0, 0.1) is 13.8 Å². The normalized spacial score (nSPS) is 22.7. The Morgan fingerprint density at radius 3 is 2.88 bits per heavy atom. The third-order valence-corrected chi connectivity index (χ3v) is 5.73. The Balaban J connectivity index is 1.82. The molecule has 3 rings (SSSR count). The summed E-state index contributed by atoms with van der Waals surface area (Å²) in [6.07, 6.45) is 4.08. The molecule has 4 nitrogen and oxygen atoms in total. The van der Waals surface area contributed by atoms with E-state index in [2.05, 4.69) is 0 Å². The molecule has 0 radical (unpaired) electrons. The van der Waals surface area contributed by atoms with Crippen LogP contribution >= 0.6 is 24.0 Å². The van der Waals surface area contributed by atoms with Gasteiger partial charge in [-0.05, 0) is 61.6 Å². The first-order valence-electron chi connectivity index (χ1n) is 8.02. The van der Waals surface area contributed by atoms with Crippen LogP contribution in [0.4, 0.5) is 0 Å². The molecular formula is C18H21NO3S2. The van der Waals surface area contributed by atoms with Gasteiger partial charge in [-0.25, -0.2) is 0 Å². The number of rotatable bonds is 4. The van der Waals surface area contributed by atoms with Gasteiger partial charge in [0.1, 0.15) is 10.1 Å². The standard InChI is InChI=1S/C18H21NO3S2/c1-11-8-15(21-3)12(2)7-13(11)9-16-17(20)19(18(23)24-16)10-14-5-4-6-22-14/h7-9,14H,4-6,10H2,1-3H3/b16-9-/t14-/m0/s1. The van der Waals surface area contributed by atoms with Crippen molar-refractivity contribution in [1.82, 2.24) is 4.90 Å². The number of nitrogens with zero attached hydrogens (tertiary/aromatic N) is 1. The van der Waals surface area contributed by atoms with Crippen molar-refractivity contribution in [2.75, 3.05) is 20.3 Å². The van der Waals surface area contributed by atoms with Gasteiger partial charge in [0, 0.05) is 6.61 Å². The van der Waals surface area contributed by atoms with Crippen molar-refractivity contribution in [1.29, 1.82) is 0 Å². The first-order valence-corrected chi connectivity index (χ1v) is 9.24. The Hall–Kier alpha value is -1.37. The molecular weight excluding hydrogens is 342 g/mol. The highest BCUT2D eigenvalue weighted by Crippen LogP contribution is 2.34. The molecule has 0 unspecified atom stereocenters. The second-order valence-electron chi connectivity index (χ2n) is 6.11. The predicted octanol–water partition coefficient (Wildman–Crippen LogP) is 3.69. The molecule has 2 aliphatic heterocycles. The van der Waals surface area contributed by atoms with Crippen LogP contribution in [0.15, 0.2) is 17.0 Å². The molecule has 1 aromatic rings. The van der Waals surface area contributed by atoms with Gasteiger partial charge < -0.3 is 9.47 Å². The van der Waals surface area contributed by atoms with Gasteiger partial charge in [0.15, 0.2) is 0 Å². The highest BCUT2D eigenvalue weighted by molar-refractivity contribution is 8.26. The quantitative estimate of drug-likeness (QED) is 0.603. The SMILES string of the molecule is COc1cc(C)c(/C=C2\SC(=S)N(C[C@@H]3CCCO3)C2=O)cc1C. The van der Waals surface area contributed by atoms with E-state index in [0.717, 1.165) is 41.9 Å². The topological polar surface area (TPSA) is 38.8 Å². The average Bonchev–Trinajstić information content (AvgIpc) is 3.15. The van der Waals surface area contributed by atoms with Gasteiger partial charge in [-0.3, -0.25) is 9.69 Å². The van der Waals surface area contributed by atoms with Crippen molar-refractivity contribution in [3.05, 3.63) is 33.7 Å². The Morgan fingerprint density at radius 1 is 1.42 bits per heavy atom. The van der Waals surface area contributed by atoms with Crippen LogP contribution in [0.25, 0.3) is 6.08 Å². The molecule has 2 aliphatic rings. The molecule has 6 heteroatoms. The highest BCUT2D eigenvalue weighted by Gasteiger charge is 2.34. The van der Waals surface area contributed by atoms with E-state index in [0.29, 0.717) is 15.8 Å². The predicted molar refractivity (Wildman–Crippen MR) is 101 cm³/mol. The minimum absolute atomic E-state index is 0.0200. The second kappa shape index (κ2) is 7.25. The Morgan fingerprint density at radius 2 is 2.21 bits per heavy atom. The van der Waals surface area contributed by atoms with E-state index in [4.69, 9.17) is 21.7 Å². The van der Waals surface area contributed by atoms with Crippen LogP contribution in [0.3, 0.4) is 0 Å². The highest BCUT2D eigenvalue weighted by atomic mass is 32.2. The molecule has 1 aromatic carbocycles. The largest absolute Gasteiger partial charge is 0.496 e. The summed E-state index contributed by atoms with van der Waals surface area (Å²) in [6.45, 7) is 5.35. The second-order valence-corrected chi connectivity index (χ2v) is 7.78. The van der Waals surface area contributed by atoms with Gasteiger partial charge in [-0.2, -0.15) is 0 Å².